The van der Waals surface area contributed by atoms with Crippen LogP contribution in [0.15, 0.2) is 6.20 Å². The summed E-state index contributed by atoms with van der Waals surface area (Å²) in [5, 5.41) is 10.7. The molecule has 3 nitrogen and oxygen atoms in total. The Labute approximate surface area is 48.4 Å². The summed E-state index contributed by atoms with van der Waals surface area (Å²) in [6.45, 7) is 0. The molecule has 0 aromatic carbocycles. The van der Waals surface area contributed by atoms with Gasteiger partial charge in [0.2, 0.25) is 0 Å². The van der Waals surface area contributed by atoms with E-state index in [1.54, 1.807) is 6.20 Å². The van der Waals surface area contributed by atoms with E-state index in [-0.39, 0.29) is 0 Å². The maximum Gasteiger partial charge on any atom is 0.188 e. The van der Waals surface area contributed by atoms with Crippen molar-refractivity contribution in [1.82, 2.24) is 15.4 Å². The number of nitrogens with one attached hydrogen (secondary N) is 1. The number of aromatic nitrogens is 3. The Hall–Kier alpha value is -0.293. The van der Waals surface area contributed by atoms with Gasteiger partial charge in [0.25, 0.3) is 0 Å². The van der Waals surface area contributed by atoms with Crippen molar-refractivity contribution in [2.45, 2.75) is 0 Å². The Morgan fingerprint density at radius 1 is 1.86 bits per heavy atom. The fourth-order valence-corrected chi connectivity index (χ4v) is 0.801. The lowest BCUT2D eigenvalue weighted by Gasteiger charge is -1.71. The minimum Gasteiger partial charge on any atom is -0.198 e. The number of hydrogen-bond donors (Lipinski definition) is 2. The molecule has 0 aliphatic carbocycles. The third kappa shape index (κ3) is 1.03. The van der Waals surface area contributed by atoms with Crippen LogP contribution in [0.25, 0.3) is 0 Å². The second kappa shape index (κ2) is 2.13. The first-order valence-corrected chi connectivity index (χ1v) is 3.98. The van der Waals surface area contributed by atoms with Gasteiger partial charge in [-0.2, -0.15) is 27.5 Å². The fraction of sp³-hybridized carbons (Fsp3) is 0. The van der Waals surface area contributed by atoms with Gasteiger partial charge in [0, 0.05) is 0 Å². The highest BCUT2D eigenvalue weighted by molar-refractivity contribution is 8.08. The standard InChI is InChI=1S/C2H3N3SSi/c6-7-2-1-3-5-4-2/h1,6H,(H,3,4,5). The lowest BCUT2D eigenvalue weighted by atomic mass is 10.9. The topological polar surface area (TPSA) is 41.6 Å². The third-order valence-electron chi connectivity index (χ3n) is 0.530. The summed E-state index contributed by atoms with van der Waals surface area (Å²) in [5.41, 5.74) is 0. The molecule has 0 unspecified atom stereocenters. The van der Waals surface area contributed by atoms with Gasteiger partial charge in [-0.1, -0.05) is 0 Å². The van der Waals surface area contributed by atoms with Gasteiger partial charge in [-0.15, -0.1) is 0 Å². The van der Waals surface area contributed by atoms with E-state index in [1.165, 1.54) is 0 Å². The number of nitrogens with zero attached hydrogens (tertiary/aromatic N) is 2. The van der Waals surface area contributed by atoms with Crippen molar-refractivity contribution in [1.29, 1.82) is 0 Å². The predicted molar refractivity (Wildman–Crippen MR) is 30.8 cm³/mol. The van der Waals surface area contributed by atoms with E-state index < -0.39 is 0 Å². The normalized spacial score (nSPS) is 9.29. The molecular formula is C2H3N3SSi. The highest BCUT2D eigenvalue weighted by Gasteiger charge is 1.88. The lowest BCUT2D eigenvalue weighted by molar-refractivity contribution is 0.946. The van der Waals surface area contributed by atoms with Crippen LogP contribution in [0.3, 0.4) is 0 Å². The largest absolute Gasteiger partial charge is 0.198 e. The molecule has 1 aromatic rings. The van der Waals surface area contributed by atoms with Gasteiger partial charge in [0.15, 0.2) is 8.67 Å². The summed E-state index contributed by atoms with van der Waals surface area (Å²) in [7, 11) is 0.444. The van der Waals surface area contributed by atoms with E-state index in [0.29, 0.717) is 8.67 Å². The first kappa shape index (κ1) is 4.86. The quantitative estimate of drug-likeness (QED) is 0.376. The fourth-order valence-electron chi connectivity index (χ4n) is 0.255. The molecule has 1 N–H and O–H groups in total. The average Bonchev–Trinajstić information content (AvgIpc) is 2.14. The summed E-state index contributed by atoms with van der Waals surface area (Å²) < 4.78 is 0. The monoisotopic (exact) mass is 129 g/mol. The number of hydrogen-bond acceptors (Lipinski definition) is 3. The van der Waals surface area contributed by atoms with Crippen LogP contribution in [-0.4, -0.2) is 24.1 Å². The average molecular weight is 129 g/mol. The summed E-state index contributed by atoms with van der Waals surface area (Å²) in [5.74, 6) is 0. The summed E-state index contributed by atoms with van der Waals surface area (Å²) in [6.07, 6.45) is 1.66. The van der Waals surface area contributed by atoms with Crippen LogP contribution < -0.4 is 5.32 Å². The van der Waals surface area contributed by atoms with E-state index in [1.807, 2.05) is 0 Å². The summed E-state index contributed by atoms with van der Waals surface area (Å²) in [4.78, 5) is 0. The van der Waals surface area contributed by atoms with E-state index in [4.69, 9.17) is 0 Å². The Kier molecular flexibility index (Phi) is 1.48. The number of H-pyrrole nitrogens is 1. The van der Waals surface area contributed by atoms with Crippen LogP contribution in [0, 0.1) is 0 Å². The van der Waals surface area contributed by atoms with Crippen molar-refractivity contribution in [3.8, 4) is 0 Å². The molecule has 0 aliphatic heterocycles. The molecule has 0 aliphatic rings. The van der Waals surface area contributed by atoms with Crippen molar-refractivity contribution < 1.29 is 0 Å². The second-order valence-electron chi connectivity index (χ2n) is 0.967. The molecular weight excluding hydrogens is 126 g/mol. The van der Waals surface area contributed by atoms with Crippen molar-refractivity contribution in [3.63, 3.8) is 0 Å². The number of thiol groups is 1. The molecule has 1 aromatic heterocycles. The molecule has 0 fully saturated rings. The zero-order chi connectivity index (χ0) is 5.11. The predicted octanol–water partition coefficient (Wildman–Crippen LogP) is -1.02. The van der Waals surface area contributed by atoms with Crippen LogP contribution in [0.5, 0.6) is 0 Å². The smallest absolute Gasteiger partial charge is 0.188 e. The number of rotatable bonds is 1. The minimum absolute atomic E-state index is 0.444. The SMILES string of the molecule is S[Si]c1cn[nH]n1. The van der Waals surface area contributed by atoms with Crippen LogP contribution in [0.2, 0.25) is 0 Å². The zero-order valence-electron chi connectivity index (χ0n) is 3.42. The van der Waals surface area contributed by atoms with E-state index >= 15 is 0 Å². The lowest BCUT2D eigenvalue weighted by Crippen LogP contribution is -2.08. The Bertz CT molecular complexity index is 127. The van der Waals surface area contributed by atoms with Crippen LogP contribution in [-0.2, 0) is 0 Å². The van der Waals surface area contributed by atoms with Crippen LogP contribution >= 0.6 is 12.1 Å². The van der Waals surface area contributed by atoms with E-state index in [9.17, 15) is 0 Å². The van der Waals surface area contributed by atoms with Crippen molar-refractivity contribution in [2.24, 2.45) is 0 Å². The molecule has 0 amide bonds. The Balaban J connectivity index is 2.76. The zero-order valence-corrected chi connectivity index (χ0v) is 5.31. The van der Waals surface area contributed by atoms with Crippen LogP contribution in [0.1, 0.15) is 0 Å². The van der Waals surface area contributed by atoms with Gasteiger partial charge >= 0.3 is 0 Å². The maximum atomic E-state index is 3.98. The van der Waals surface area contributed by atoms with E-state index in [0.717, 1.165) is 5.32 Å². The third-order valence-corrected chi connectivity index (χ3v) is 1.69. The second-order valence-corrected chi connectivity index (χ2v) is 2.37. The highest BCUT2D eigenvalue weighted by atomic mass is 32.3. The van der Waals surface area contributed by atoms with Gasteiger partial charge in [-0.25, -0.2) is 0 Å². The number of aromatic amines is 1. The van der Waals surface area contributed by atoms with Crippen molar-refractivity contribution in [3.05, 3.63) is 6.20 Å². The van der Waals surface area contributed by atoms with Gasteiger partial charge in [0.1, 0.15) is 0 Å². The first-order valence-electron chi connectivity index (χ1n) is 1.69. The maximum absolute atomic E-state index is 3.98. The summed E-state index contributed by atoms with van der Waals surface area (Å²) >= 11 is 3.98. The molecule has 0 atom stereocenters. The molecule has 1 heterocycles. The van der Waals surface area contributed by atoms with Gasteiger partial charge < -0.3 is 0 Å². The molecule has 1 rings (SSSR count). The Morgan fingerprint density at radius 3 is 3.00 bits per heavy atom. The molecule has 5 heteroatoms. The highest BCUT2D eigenvalue weighted by Crippen LogP contribution is 1.65. The van der Waals surface area contributed by atoms with Crippen molar-refractivity contribution in [2.75, 3.05) is 0 Å². The molecule has 0 spiro atoms. The first-order chi connectivity index (χ1) is 3.43. The minimum atomic E-state index is 0.444. The van der Waals surface area contributed by atoms with Crippen LogP contribution in [0.4, 0.5) is 0 Å². The molecule has 7 heavy (non-hydrogen) atoms. The molecule has 2 radical (unpaired) electrons. The van der Waals surface area contributed by atoms with Gasteiger partial charge in [-0.3, -0.25) is 0 Å². The Morgan fingerprint density at radius 2 is 2.71 bits per heavy atom. The van der Waals surface area contributed by atoms with Crippen molar-refractivity contribution >= 4 is 26.1 Å². The molecule has 0 saturated carbocycles. The molecule has 0 bridgehead atoms. The van der Waals surface area contributed by atoms with Gasteiger partial charge in [0.05, 0.1) is 11.5 Å². The summed E-state index contributed by atoms with van der Waals surface area (Å²) in [6, 6.07) is 0. The van der Waals surface area contributed by atoms with E-state index in [2.05, 4.69) is 27.5 Å². The van der Waals surface area contributed by atoms with Gasteiger partial charge in [-0.05, 0) is 0 Å². The molecule has 36 valence electrons. The molecule has 0 saturated heterocycles.